The smallest absolute Gasteiger partial charge is 0.251 e. The highest BCUT2D eigenvalue weighted by Crippen LogP contribution is 2.08. The van der Waals surface area contributed by atoms with Gasteiger partial charge in [0.2, 0.25) is 0 Å². The molecule has 1 N–H and O–H groups in total. The van der Waals surface area contributed by atoms with E-state index in [1.165, 1.54) is 11.1 Å². The Morgan fingerprint density at radius 1 is 1.00 bits per heavy atom. The molecule has 0 spiro atoms. The summed E-state index contributed by atoms with van der Waals surface area (Å²) in [5.74, 6) is -0.0426. The number of carbonyl (C=O) groups excluding carboxylic acids is 1. The van der Waals surface area contributed by atoms with Gasteiger partial charge in [0.1, 0.15) is 0 Å². The summed E-state index contributed by atoms with van der Waals surface area (Å²) in [6.45, 7) is 1.90. The number of nitrogens with one attached hydrogen (secondary N) is 1. The van der Waals surface area contributed by atoms with Gasteiger partial charge in [0.25, 0.3) is 5.91 Å². The Labute approximate surface area is 126 Å². The molecule has 2 aromatic rings. The first-order chi connectivity index (χ1) is 10.2. The summed E-state index contributed by atoms with van der Waals surface area (Å²) < 4.78 is 0. The van der Waals surface area contributed by atoms with Gasteiger partial charge in [-0.2, -0.15) is 0 Å². The highest BCUT2D eigenvalue weighted by molar-refractivity contribution is 5.93. The quantitative estimate of drug-likeness (QED) is 0.883. The zero-order chi connectivity index (χ0) is 15.1. The Hall–Kier alpha value is -2.13. The van der Waals surface area contributed by atoms with E-state index in [1.807, 2.05) is 30.3 Å². The topological polar surface area (TPSA) is 32.3 Å². The van der Waals surface area contributed by atoms with Crippen LogP contribution in [0.1, 0.15) is 21.5 Å². The van der Waals surface area contributed by atoms with Crippen LogP contribution in [0, 0.1) is 0 Å². The van der Waals surface area contributed by atoms with Gasteiger partial charge in [0, 0.05) is 25.7 Å². The van der Waals surface area contributed by atoms with Gasteiger partial charge in [-0.15, -0.1) is 0 Å². The van der Waals surface area contributed by atoms with Gasteiger partial charge in [-0.25, -0.2) is 0 Å². The van der Waals surface area contributed by atoms with Crippen LogP contribution in [0.3, 0.4) is 0 Å². The maximum atomic E-state index is 11.5. The monoisotopic (exact) mass is 282 g/mol. The van der Waals surface area contributed by atoms with E-state index in [0.717, 1.165) is 19.5 Å². The third-order valence-corrected chi connectivity index (χ3v) is 3.52. The summed E-state index contributed by atoms with van der Waals surface area (Å²) in [6, 6.07) is 18.3. The lowest BCUT2D eigenvalue weighted by atomic mass is 10.1. The second kappa shape index (κ2) is 7.60. The maximum absolute atomic E-state index is 11.5. The minimum Gasteiger partial charge on any atom is -0.355 e. The molecule has 0 heterocycles. The molecular formula is C18H22N2O. The molecule has 0 saturated carbocycles. The molecule has 21 heavy (non-hydrogen) atoms. The molecule has 0 atom stereocenters. The van der Waals surface area contributed by atoms with Crippen LogP contribution < -0.4 is 5.32 Å². The zero-order valence-corrected chi connectivity index (χ0v) is 12.7. The molecule has 0 aliphatic rings. The van der Waals surface area contributed by atoms with Crippen LogP contribution in [-0.2, 0) is 13.0 Å². The van der Waals surface area contributed by atoms with Gasteiger partial charge in [0.05, 0.1) is 0 Å². The fourth-order valence-corrected chi connectivity index (χ4v) is 2.26. The van der Waals surface area contributed by atoms with E-state index in [9.17, 15) is 4.79 Å². The lowest BCUT2D eigenvalue weighted by Gasteiger charge is -2.17. The van der Waals surface area contributed by atoms with Crippen molar-refractivity contribution in [2.75, 3.05) is 20.6 Å². The molecule has 0 unspecified atom stereocenters. The minimum atomic E-state index is -0.0426. The van der Waals surface area contributed by atoms with E-state index >= 15 is 0 Å². The Balaban J connectivity index is 1.85. The van der Waals surface area contributed by atoms with Gasteiger partial charge in [-0.1, -0.05) is 42.5 Å². The Morgan fingerprint density at radius 3 is 2.29 bits per heavy atom. The van der Waals surface area contributed by atoms with Crippen molar-refractivity contribution in [3.05, 3.63) is 71.3 Å². The normalized spacial score (nSPS) is 10.6. The van der Waals surface area contributed by atoms with E-state index in [2.05, 4.69) is 41.5 Å². The molecule has 0 aliphatic heterocycles. The number of nitrogens with zero attached hydrogens (tertiary/aromatic N) is 1. The molecule has 3 nitrogen and oxygen atoms in total. The summed E-state index contributed by atoms with van der Waals surface area (Å²) in [4.78, 5) is 13.8. The van der Waals surface area contributed by atoms with E-state index in [1.54, 1.807) is 7.05 Å². The number of rotatable bonds is 6. The SMILES string of the molecule is CNC(=O)c1ccc(CN(C)CCc2ccccc2)cc1. The van der Waals surface area contributed by atoms with Crippen LogP contribution in [-0.4, -0.2) is 31.4 Å². The minimum absolute atomic E-state index is 0.0426. The highest BCUT2D eigenvalue weighted by Gasteiger charge is 2.04. The number of hydrogen-bond donors (Lipinski definition) is 1. The highest BCUT2D eigenvalue weighted by atomic mass is 16.1. The summed E-state index contributed by atoms with van der Waals surface area (Å²) in [6.07, 6.45) is 1.05. The second-order valence-electron chi connectivity index (χ2n) is 5.25. The average Bonchev–Trinajstić information content (AvgIpc) is 2.54. The molecule has 110 valence electrons. The van der Waals surface area contributed by atoms with Crippen molar-refractivity contribution in [3.8, 4) is 0 Å². The first-order valence-electron chi connectivity index (χ1n) is 7.22. The predicted molar refractivity (Wildman–Crippen MR) is 86.3 cm³/mol. The van der Waals surface area contributed by atoms with Gasteiger partial charge in [-0.05, 0) is 36.7 Å². The van der Waals surface area contributed by atoms with Gasteiger partial charge >= 0.3 is 0 Å². The molecule has 2 aromatic carbocycles. The van der Waals surface area contributed by atoms with Gasteiger partial charge < -0.3 is 10.2 Å². The number of hydrogen-bond acceptors (Lipinski definition) is 2. The van der Waals surface area contributed by atoms with Crippen LogP contribution in [0.5, 0.6) is 0 Å². The van der Waals surface area contributed by atoms with Crippen LogP contribution in [0.4, 0.5) is 0 Å². The molecule has 1 amide bonds. The fraction of sp³-hybridized carbons (Fsp3) is 0.278. The number of amides is 1. The summed E-state index contributed by atoms with van der Waals surface area (Å²) in [5, 5.41) is 2.63. The largest absolute Gasteiger partial charge is 0.355 e. The first kappa shape index (κ1) is 15.3. The van der Waals surface area contributed by atoms with E-state index in [-0.39, 0.29) is 5.91 Å². The van der Waals surface area contributed by atoms with Crippen molar-refractivity contribution < 1.29 is 4.79 Å². The van der Waals surface area contributed by atoms with Crippen molar-refractivity contribution >= 4 is 5.91 Å². The van der Waals surface area contributed by atoms with Crippen molar-refractivity contribution in [2.45, 2.75) is 13.0 Å². The number of carbonyl (C=O) groups is 1. The van der Waals surface area contributed by atoms with Crippen LogP contribution in [0.25, 0.3) is 0 Å². The molecule has 3 heteroatoms. The molecule has 0 saturated heterocycles. The first-order valence-corrected chi connectivity index (χ1v) is 7.22. The predicted octanol–water partition coefficient (Wildman–Crippen LogP) is 2.72. The fourth-order valence-electron chi connectivity index (χ4n) is 2.26. The molecule has 0 fully saturated rings. The summed E-state index contributed by atoms with van der Waals surface area (Å²) in [7, 11) is 3.77. The van der Waals surface area contributed by atoms with Crippen molar-refractivity contribution in [2.24, 2.45) is 0 Å². The zero-order valence-electron chi connectivity index (χ0n) is 12.7. The van der Waals surface area contributed by atoms with Crippen molar-refractivity contribution in [1.29, 1.82) is 0 Å². The lowest BCUT2D eigenvalue weighted by molar-refractivity contribution is 0.0963. The Bertz CT molecular complexity index is 564. The molecule has 0 aliphatic carbocycles. The Kier molecular flexibility index (Phi) is 5.52. The van der Waals surface area contributed by atoms with Crippen LogP contribution in [0.15, 0.2) is 54.6 Å². The third kappa shape index (κ3) is 4.72. The van der Waals surface area contributed by atoms with Crippen LogP contribution >= 0.6 is 0 Å². The molecule has 0 aromatic heterocycles. The summed E-state index contributed by atoms with van der Waals surface area (Å²) in [5.41, 5.74) is 3.28. The number of likely N-dealkylation sites (N-methyl/N-ethyl adjacent to an activating group) is 1. The summed E-state index contributed by atoms with van der Waals surface area (Å²) >= 11 is 0. The van der Waals surface area contributed by atoms with E-state index in [0.29, 0.717) is 5.56 Å². The molecule has 2 rings (SSSR count). The van der Waals surface area contributed by atoms with Gasteiger partial charge in [-0.3, -0.25) is 4.79 Å². The van der Waals surface area contributed by atoms with Crippen molar-refractivity contribution in [1.82, 2.24) is 10.2 Å². The second-order valence-corrected chi connectivity index (χ2v) is 5.25. The van der Waals surface area contributed by atoms with Gasteiger partial charge in [0.15, 0.2) is 0 Å². The number of benzene rings is 2. The molecule has 0 radical (unpaired) electrons. The molecule has 0 bridgehead atoms. The van der Waals surface area contributed by atoms with Crippen molar-refractivity contribution in [3.63, 3.8) is 0 Å². The third-order valence-electron chi connectivity index (χ3n) is 3.52. The maximum Gasteiger partial charge on any atom is 0.251 e. The molecular weight excluding hydrogens is 260 g/mol. The standard InChI is InChI=1S/C18H22N2O/c1-19-18(21)17-10-8-16(9-11-17)14-20(2)13-12-15-6-4-3-5-7-15/h3-11H,12-14H2,1-2H3,(H,19,21). The Morgan fingerprint density at radius 2 is 1.67 bits per heavy atom. The van der Waals surface area contributed by atoms with E-state index < -0.39 is 0 Å². The van der Waals surface area contributed by atoms with E-state index in [4.69, 9.17) is 0 Å². The van der Waals surface area contributed by atoms with Crippen LogP contribution in [0.2, 0.25) is 0 Å². The average molecular weight is 282 g/mol. The lowest BCUT2D eigenvalue weighted by Crippen LogP contribution is -2.21.